The molecule has 0 saturated carbocycles. The first kappa shape index (κ1) is 16.9. The molecule has 7 heteroatoms. The number of alkyl halides is 2. The number of piperidine rings is 1. The van der Waals surface area contributed by atoms with E-state index >= 15 is 0 Å². The van der Waals surface area contributed by atoms with Gasteiger partial charge in [-0.15, -0.1) is 0 Å². The van der Waals surface area contributed by atoms with Gasteiger partial charge in [-0.1, -0.05) is 38.1 Å². The van der Waals surface area contributed by atoms with Gasteiger partial charge in [0.1, 0.15) is 11.3 Å². The summed E-state index contributed by atoms with van der Waals surface area (Å²) in [6.45, 7) is 6.50. The summed E-state index contributed by atoms with van der Waals surface area (Å²) in [5.41, 5.74) is 3.02. The maximum Gasteiger partial charge on any atom is 0.263 e. The van der Waals surface area contributed by atoms with Crippen LogP contribution in [0.4, 0.5) is 14.6 Å². The van der Waals surface area contributed by atoms with Crippen molar-refractivity contribution in [2.45, 2.75) is 33.1 Å². The highest BCUT2D eigenvalue weighted by Crippen LogP contribution is 2.32. The molecule has 0 aliphatic carbocycles. The Bertz CT molecular complexity index is 907. The van der Waals surface area contributed by atoms with Crippen LogP contribution in [-0.2, 0) is 0 Å². The zero-order valence-corrected chi connectivity index (χ0v) is 14.8. The van der Waals surface area contributed by atoms with Gasteiger partial charge in [-0.05, 0) is 18.3 Å². The van der Waals surface area contributed by atoms with Crippen molar-refractivity contribution in [1.29, 1.82) is 0 Å². The summed E-state index contributed by atoms with van der Waals surface area (Å²) >= 11 is 0. The molecule has 3 heterocycles. The van der Waals surface area contributed by atoms with Crippen molar-refractivity contribution < 1.29 is 8.78 Å². The minimum Gasteiger partial charge on any atom is -0.355 e. The van der Waals surface area contributed by atoms with Gasteiger partial charge in [-0.2, -0.15) is 5.10 Å². The average molecular weight is 357 g/mol. The fourth-order valence-corrected chi connectivity index (χ4v) is 3.28. The maximum absolute atomic E-state index is 12.7. The summed E-state index contributed by atoms with van der Waals surface area (Å²) in [5.74, 6) is 0.832. The highest BCUT2D eigenvalue weighted by molar-refractivity contribution is 5.87. The van der Waals surface area contributed by atoms with Crippen molar-refractivity contribution in [1.82, 2.24) is 20.2 Å². The molecule has 0 unspecified atom stereocenters. The third-order valence-corrected chi connectivity index (χ3v) is 5.14. The van der Waals surface area contributed by atoms with Crippen LogP contribution in [-0.4, -0.2) is 33.3 Å². The molecule has 26 heavy (non-hydrogen) atoms. The van der Waals surface area contributed by atoms with Gasteiger partial charge in [-0.25, -0.2) is 18.7 Å². The Morgan fingerprint density at radius 2 is 1.81 bits per heavy atom. The number of H-pyrrole nitrogens is 1. The number of fused-ring (bicyclic) bond motifs is 1. The minimum atomic E-state index is -2.47. The fraction of sp³-hybridized carbons (Fsp3) is 0.421. The minimum absolute atomic E-state index is 0.000959. The molecule has 1 aliphatic rings. The molecule has 1 aliphatic heterocycles. The lowest BCUT2D eigenvalue weighted by molar-refractivity contribution is 0.151. The van der Waals surface area contributed by atoms with Crippen LogP contribution in [0.1, 0.15) is 38.7 Å². The predicted octanol–water partition coefficient (Wildman–Crippen LogP) is 4.58. The van der Waals surface area contributed by atoms with Gasteiger partial charge in [0.2, 0.25) is 5.65 Å². The zero-order chi connectivity index (χ0) is 18.3. The molecular weight excluding hydrogens is 336 g/mol. The van der Waals surface area contributed by atoms with Gasteiger partial charge in [0, 0.05) is 24.2 Å². The second-order valence-electron chi connectivity index (χ2n) is 7.57. The normalized spacial score (nSPS) is 17.2. The van der Waals surface area contributed by atoms with E-state index in [-0.39, 0.29) is 5.56 Å². The topological polar surface area (TPSA) is 57.7 Å². The smallest absolute Gasteiger partial charge is 0.263 e. The molecule has 1 N–H and O–H groups in total. The van der Waals surface area contributed by atoms with E-state index in [0.717, 1.165) is 37.3 Å². The van der Waals surface area contributed by atoms with Crippen LogP contribution in [0.2, 0.25) is 0 Å². The number of nitrogens with one attached hydrogen (secondary N) is 1. The van der Waals surface area contributed by atoms with Gasteiger partial charge < -0.3 is 4.90 Å². The van der Waals surface area contributed by atoms with Crippen LogP contribution in [0.3, 0.4) is 0 Å². The van der Waals surface area contributed by atoms with E-state index in [1.54, 1.807) is 18.3 Å². The highest BCUT2D eigenvalue weighted by Gasteiger charge is 2.26. The monoisotopic (exact) mass is 357 g/mol. The summed E-state index contributed by atoms with van der Waals surface area (Å²) in [4.78, 5) is 11.4. The number of nitrogens with zero attached hydrogens (tertiary/aromatic N) is 4. The molecule has 4 rings (SSSR count). The second-order valence-corrected chi connectivity index (χ2v) is 7.57. The largest absolute Gasteiger partial charge is 0.355 e. The molecule has 0 bridgehead atoms. The van der Waals surface area contributed by atoms with E-state index in [4.69, 9.17) is 0 Å². The molecule has 1 saturated heterocycles. The van der Waals surface area contributed by atoms with Crippen molar-refractivity contribution in [3.05, 3.63) is 36.0 Å². The van der Waals surface area contributed by atoms with Crippen LogP contribution in [0.5, 0.6) is 0 Å². The average Bonchev–Trinajstić information content (AvgIpc) is 3.05. The van der Waals surface area contributed by atoms with E-state index in [2.05, 4.69) is 38.9 Å². The first-order valence-corrected chi connectivity index (χ1v) is 8.77. The summed E-state index contributed by atoms with van der Waals surface area (Å²) in [6, 6.07) is 6.14. The molecule has 0 atom stereocenters. The molecular formula is C19H21F2N5. The highest BCUT2D eigenvalue weighted by atomic mass is 19.3. The van der Waals surface area contributed by atoms with Crippen LogP contribution >= 0.6 is 0 Å². The third kappa shape index (κ3) is 3.13. The number of halogens is 2. The van der Waals surface area contributed by atoms with Crippen molar-refractivity contribution in [2.24, 2.45) is 5.41 Å². The lowest BCUT2D eigenvalue weighted by Crippen LogP contribution is -2.37. The molecule has 0 amide bonds. The molecule has 2 aromatic heterocycles. The van der Waals surface area contributed by atoms with Crippen molar-refractivity contribution in [2.75, 3.05) is 18.0 Å². The van der Waals surface area contributed by atoms with Crippen molar-refractivity contribution in [3.8, 4) is 11.3 Å². The number of benzene rings is 1. The van der Waals surface area contributed by atoms with E-state index in [1.807, 2.05) is 0 Å². The number of aromatic amines is 1. The van der Waals surface area contributed by atoms with Gasteiger partial charge >= 0.3 is 0 Å². The third-order valence-electron chi connectivity index (χ3n) is 5.14. The number of rotatable bonds is 3. The fourth-order valence-electron chi connectivity index (χ4n) is 3.28. The molecule has 0 radical (unpaired) electrons. The molecule has 1 aromatic carbocycles. The summed E-state index contributed by atoms with van der Waals surface area (Å²) in [5, 5.41) is 7.20. The first-order chi connectivity index (χ1) is 12.4. The van der Waals surface area contributed by atoms with Crippen LogP contribution in [0.15, 0.2) is 30.5 Å². The van der Waals surface area contributed by atoms with Gasteiger partial charge in [0.05, 0.1) is 11.9 Å². The standard InChI is InChI=1S/C19H21F2N5/c1-19(2)7-9-26(10-8-19)14-11-22-16-15(24-25-18(16)23-14)12-3-5-13(6-4-12)17(20)21/h3-6,11,17H,7-10H2,1-2H3,(H,23,24,25). The molecule has 1 fully saturated rings. The predicted molar refractivity (Wildman–Crippen MR) is 97.3 cm³/mol. The van der Waals surface area contributed by atoms with E-state index < -0.39 is 6.43 Å². The van der Waals surface area contributed by atoms with Crippen LogP contribution < -0.4 is 4.90 Å². The zero-order valence-electron chi connectivity index (χ0n) is 14.8. The number of anilines is 1. The van der Waals surface area contributed by atoms with Crippen molar-refractivity contribution >= 4 is 17.0 Å². The van der Waals surface area contributed by atoms with E-state index in [1.165, 1.54) is 12.1 Å². The Hall–Kier alpha value is -2.57. The maximum atomic E-state index is 12.7. The summed E-state index contributed by atoms with van der Waals surface area (Å²) < 4.78 is 25.4. The molecule has 3 aromatic rings. The van der Waals surface area contributed by atoms with Crippen LogP contribution in [0, 0.1) is 5.41 Å². The summed E-state index contributed by atoms with van der Waals surface area (Å²) in [6.07, 6.45) is 1.54. The molecule has 136 valence electrons. The Morgan fingerprint density at radius 3 is 2.46 bits per heavy atom. The molecule has 0 spiro atoms. The van der Waals surface area contributed by atoms with Gasteiger partial charge in [0.15, 0.2) is 0 Å². The Labute approximate surface area is 150 Å². The van der Waals surface area contributed by atoms with Crippen molar-refractivity contribution in [3.63, 3.8) is 0 Å². The van der Waals surface area contributed by atoms with Gasteiger partial charge in [0.25, 0.3) is 6.43 Å². The Morgan fingerprint density at radius 1 is 1.12 bits per heavy atom. The second kappa shape index (κ2) is 6.30. The quantitative estimate of drug-likeness (QED) is 0.745. The lowest BCUT2D eigenvalue weighted by atomic mass is 9.83. The SMILES string of the molecule is CC1(C)CCN(c2cnc3c(-c4ccc(C(F)F)cc4)[nH]nc3n2)CC1. The lowest BCUT2D eigenvalue weighted by Gasteiger charge is -2.37. The first-order valence-electron chi connectivity index (χ1n) is 8.77. The van der Waals surface area contributed by atoms with E-state index in [0.29, 0.717) is 22.3 Å². The Balaban J connectivity index is 1.61. The van der Waals surface area contributed by atoms with Gasteiger partial charge in [-0.3, -0.25) is 5.10 Å². The Kier molecular flexibility index (Phi) is 4.09. The summed E-state index contributed by atoms with van der Waals surface area (Å²) in [7, 11) is 0. The number of hydrogen-bond donors (Lipinski definition) is 1. The molecule has 5 nitrogen and oxygen atoms in total. The number of hydrogen-bond acceptors (Lipinski definition) is 4. The number of aromatic nitrogens is 4. The van der Waals surface area contributed by atoms with Crippen LogP contribution in [0.25, 0.3) is 22.4 Å². The van der Waals surface area contributed by atoms with E-state index in [9.17, 15) is 8.78 Å².